The quantitative estimate of drug-likeness (QED) is 0.482. The molecule has 0 rings (SSSR count). The lowest BCUT2D eigenvalue weighted by Crippen LogP contribution is -2.16. The topological polar surface area (TPSA) is 89.7 Å². The lowest BCUT2D eigenvalue weighted by atomic mass is 10.1. The molecule has 0 radical (unpaired) electrons. The van der Waals surface area contributed by atoms with Crippen LogP contribution in [-0.4, -0.2) is 22.3 Å². The second-order valence-electron chi connectivity index (χ2n) is 2.65. The SMILES string of the molecule is CC[C@H](CCCC(=O)O)O[N+](=O)[O-]. The molecule has 0 amide bonds. The lowest BCUT2D eigenvalue weighted by molar-refractivity contribution is -0.768. The minimum Gasteiger partial charge on any atom is -0.481 e. The molecule has 0 spiro atoms. The lowest BCUT2D eigenvalue weighted by Gasteiger charge is -2.10. The van der Waals surface area contributed by atoms with E-state index < -0.39 is 17.2 Å². The first kappa shape index (κ1) is 11.7. The zero-order chi connectivity index (χ0) is 10.3. The monoisotopic (exact) mass is 191 g/mol. The summed E-state index contributed by atoms with van der Waals surface area (Å²) < 4.78 is 0. The maximum Gasteiger partial charge on any atom is 0.303 e. The van der Waals surface area contributed by atoms with Crippen LogP contribution in [0.15, 0.2) is 0 Å². The summed E-state index contributed by atoms with van der Waals surface area (Å²) in [6.45, 7) is 1.76. The molecule has 1 N–H and O–H groups in total. The van der Waals surface area contributed by atoms with Crippen LogP contribution in [0.25, 0.3) is 0 Å². The molecule has 0 aromatic heterocycles. The average molecular weight is 191 g/mol. The molecule has 0 saturated heterocycles. The average Bonchev–Trinajstić information content (AvgIpc) is 2.01. The van der Waals surface area contributed by atoms with Crippen LogP contribution in [0.5, 0.6) is 0 Å². The first-order valence-electron chi connectivity index (χ1n) is 4.09. The van der Waals surface area contributed by atoms with Gasteiger partial charge in [-0.05, 0) is 19.3 Å². The number of carbonyl (C=O) groups is 1. The summed E-state index contributed by atoms with van der Waals surface area (Å²) in [6, 6.07) is 0. The third-order valence-electron chi connectivity index (χ3n) is 1.61. The predicted molar refractivity (Wildman–Crippen MR) is 43.6 cm³/mol. The van der Waals surface area contributed by atoms with E-state index in [2.05, 4.69) is 4.84 Å². The Bertz CT molecular complexity index is 182. The molecular formula is C7H13NO5. The first-order valence-corrected chi connectivity index (χ1v) is 4.09. The fourth-order valence-electron chi connectivity index (χ4n) is 0.934. The van der Waals surface area contributed by atoms with Crippen LogP contribution < -0.4 is 0 Å². The van der Waals surface area contributed by atoms with Gasteiger partial charge in [0.25, 0.3) is 5.09 Å². The number of aliphatic carboxylic acids is 1. The highest BCUT2D eigenvalue weighted by atomic mass is 17.0. The fourth-order valence-corrected chi connectivity index (χ4v) is 0.934. The van der Waals surface area contributed by atoms with Crippen molar-refractivity contribution in [3.8, 4) is 0 Å². The maximum atomic E-state index is 10.1. The number of nitrogens with zero attached hydrogens (tertiary/aromatic N) is 1. The molecule has 0 heterocycles. The standard InChI is InChI=1S/C7H13NO5/c1-2-6(13-8(11)12)4-3-5-7(9)10/h6H,2-5H2,1H3,(H,9,10)/t6-/m1/s1. The second kappa shape index (κ2) is 6.22. The molecule has 0 aliphatic carbocycles. The van der Waals surface area contributed by atoms with Crippen molar-refractivity contribution in [3.63, 3.8) is 0 Å². The van der Waals surface area contributed by atoms with E-state index in [9.17, 15) is 14.9 Å². The van der Waals surface area contributed by atoms with Gasteiger partial charge in [0.2, 0.25) is 0 Å². The van der Waals surface area contributed by atoms with E-state index in [4.69, 9.17) is 5.11 Å². The zero-order valence-corrected chi connectivity index (χ0v) is 7.43. The van der Waals surface area contributed by atoms with E-state index in [0.717, 1.165) is 0 Å². The third kappa shape index (κ3) is 7.04. The highest BCUT2D eigenvalue weighted by Crippen LogP contribution is 2.08. The molecule has 0 aliphatic rings. The Hall–Kier alpha value is -1.33. The summed E-state index contributed by atoms with van der Waals surface area (Å²) in [4.78, 5) is 24.4. The normalized spacial score (nSPS) is 12.1. The minimum absolute atomic E-state index is 0.0254. The Morgan fingerprint density at radius 3 is 2.69 bits per heavy atom. The second-order valence-corrected chi connectivity index (χ2v) is 2.65. The predicted octanol–water partition coefficient (Wildman–Crippen LogP) is 1.23. The Kier molecular flexibility index (Phi) is 5.58. The van der Waals surface area contributed by atoms with Crippen molar-refractivity contribution in [3.05, 3.63) is 10.1 Å². The van der Waals surface area contributed by atoms with Crippen LogP contribution in [0.4, 0.5) is 0 Å². The molecule has 13 heavy (non-hydrogen) atoms. The fraction of sp³-hybridized carbons (Fsp3) is 0.857. The van der Waals surface area contributed by atoms with Crippen LogP contribution in [0.3, 0.4) is 0 Å². The summed E-state index contributed by atoms with van der Waals surface area (Å²) in [5.74, 6) is -0.893. The summed E-state index contributed by atoms with van der Waals surface area (Å²) in [5, 5.41) is 17.4. The van der Waals surface area contributed by atoms with Gasteiger partial charge in [-0.3, -0.25) is 4.79 Å². The molecule has 0 aromatic carbocycles. The minimum atomic E-state index is -0.893. The Labute approximate surface area is 75.6 Å². The summed E-state index contributed by atoms with van der Waals surface area (Å²) in [7, 11) is 0. The van der Waals surface area contributed by atoms with E-state index in [1.54, 1.807) is 6.92 Å². The van der Waals surface area contributed by atoms with Crippen molar-refractivity contribution in [2.45, 2.75) is 38.7 Å². The van der Waals surface area contributed by atoms with Gasteiger partial charge in [0, 0.05) is 6.42 Å². The van der Waals surface area contributed by atoms with Crippen molar-refractivity contribution < 1.29 is 19.8 Å². The molecule has 0 aliphatic heterocycles. The van der Waals surface area contributed by atoms with Crippen LogP contribution in [0.1, 0.15) is 32.6 Å². The van der Waals surface area contributed by atoms with Crippen LogP contribution in [0.2, 0.25) is 0 Å². The number of hydrogen-bond acceptors (Lipinski definition) is 4. The molecule has 0 saturated carbocycles. The van der Waals surface area contributed by atoms with Crippen LogP contribution in [0, 0.1) is 10.1 Å². The highest BCUT2D eigenvalue weighted by molar-refractivity contribution is 5.66. The number of rotatable bonds is 7. The van der Waals surface area contributed by atoms with Gasteiger partial charge in [0.15, 0.2) is 0 Å². The summed E-state index contributed by atoms with van der Waals surface area (Å²) in [5.41, 5.74) is 0. The molecular weight excluding hydrogens is 178 g/mol. The molecule has 0 aromatic rings. The molecule has 6 nitrogen and oxygen atoms in total. The van der Waals surface area contributed by atoms with Gasteiger partial charge in [-0.2, -0.15) is 0 Å². The van der Waals surface area contributed by atoms with E-state index in [1.165, 1.54) is 0 Å². The Balaban J connectivity index is 3.59. The van der Waals surface area contributed by atoms with Gasteiger partial charge in [0.05, 0.1) is 0 Å². The molecule has 0 unspecified atom stereocenters. The van der Waals surface area contributed by atoms with Crippen molar-refractivity contribution in [2.75, 3.05) is 0 Å². The number of carboxylic acid groups (broad SMARTS) is 1. The van der Waals surface area contributed by atoms with Gasteiger partial charge in [0.1, 0.15) is 6.10 Å². The third-order valence-corrected chi connectivity index (χ3v) is 1.61. The van der Waals surface area contributed by atoms with Gasteiger partial charge < -0.3 is 9.94 Å². The van der Waals surface area contributed by atoms with Crippen molar-refractivity contribution >= 4 is 5.97 Å². The van der Waals surface area contributed by atoms with E-state index >= 15 is 0 Å². The van der Waals surface area contributed by atoms with Gasteiger partial charge in [-0.25, -0.2) is 0 Å². The zero-order valence-electron chi connectivity index (χ0n) is 7.43. The van der Waals surface area contributed by atoms with Crippen molar-refractivity contribution in [1.29, 1.82) is 0 Å². The summed E-state index contributed by atoms with van der Waals surface area (Å²) in [6.07, 6.45) is 0.873. The molecule has 6 heteroatoms. The number of carboxylic acids is 1. The number of hydrogen-bond donors (Lipinski definition) is 1. The van der Waals surface area contributed by atoms with E-state index in [0.29, 0.717) is 19.3 Å². The summed E-state index contributed by atoms with van der Waals surface area (Å²) >= 11 is 0. The highest BCUT2D eigenvalue weighted by Gasteiger charge is 2.11. The van der Waals surface area contributed by atoms with Gasteiger partial charge in [-0.15, -0.1) is 10.1 Å². The smallest absolute Gasteiger partial charge is 0.303 e. The molecule has 1 atom stereocenters. The maximum absolute atomic E-state index is 10.1. The largest absolute Gasteiger partial charge is 0.481 e. The van der Waals surface area contributed by atoms with Crippen LogP contribution >= 0.6 is 0 Å². The van der Waals surface area contributed by atoms with Crippen molar-refractivity contribution in [2.24, 2.45) is 0 Å². The molecule has 0 fully saturated rings. The first-order chi connectivity index (χ1) is 6.06. The van der Waals surface area contributed by atoms with Crippen molar-refractivity contribution in [1.82, 2.24) is 0 Å². The van der Waals surface area contributed by atoms with Gasteiger partial charge in [-0.1, -0.05) is 6.92 Å². The van der Waals surface area contributed by atoms with E-state index in [-0.39, 0.29) is 6.42 Å². The van der Waals surface area contributed by atoms with E-state index in [1.807, 2.05) is 0 Å². The molecule has 76 valence electrons. The Morgan fingerprint density at radius 1 is 1.69 bits per heavy atom. The Morgan fingerprint density at radius 2 is 2.31 bits per heavy atom. The van der Waals surface area contributed by atoms with Crippen LogP contribution in [-0.2, 0) is 9.63 Å². The van der Waals surface area contributed by atoms with Gasteiger partial charge >= 0.3 is 5.97 Å². The molecule has 0 bridgehead atoms.